The monoisotopic (exact) mass is 496 g/mol. The van der Waals surface area contributed by atoms with Crippen LogP contribution in [0.5, 0.6) is 0 Å². The van der Waals surface area contributed by atoms with Crippen molar-refractivity contribution < 1.29 is 19.1 Å². The van der Waals surface area contributed by atoms with E-state index in [2.05, 4.69) is 13.8 Å². The summed E-state index contributed by atoms with van der Waals surface area (Å²) in [5.41, 5.74) is -1.16. The summed E-state index contributed by atoms with van der Waals surface area (Å²) in [5, 5.41) is 0. The molecule has 0 N–H and O–H groups in total. The molecular weight excluding hydrogens is 436 g/mol. The van der Waals surface area contributed by atoms with Crippen LogP contribution < -0.4 is 0 Å². The normalized spacial score (nSPS) is 12.5. The zero-order chi connectivity index (χ0) is 26.2. The Bertz CT molecular complexity index is 498. The Hall–Kier alpha value is -1.06. The molecule has 0 rings (SSSR count). The molecule has 0 radical (unpaired) electrons. The maximum absolute atomic E-state index is 12.8. The molecule has 0 aromatic rings. The van der Waals surface area contributed by atoms with Crippen molar-refractivity contribution in [2.45, 2.75) is 176 Å². The number of esters is 2. The van der Waals surface area contributed by atoms with Crippen molar-refractivity contribution in [3.8, 4) is 0 Å². The number of hydrogen-bond acceptors (Lipinski definition) is 4. The van der Waals surface area contributed by atoms with E-state index in [1.807, 2.05) is 20.8 Å². The molecule has 0 amide bonds. The number of hydrogen-bond donors (Lipinski definition) is 0. The molecule has 0 aliphatic rings. The van der Waals surface area contributed by atoms with Crippen LogP contribution in [0.1, 0.15) is 169 Å². The van der Waals surface area contributed by atoms with E-state index in [0.717, 1.165) is 32.1 Å². The first-order chi connectivity index (χ1) is 17.0. The Labute approximate surface area is 218 Å². The fourth-order valence-electron chi connectivity index (χ4n) is 4.71. The Kier molecular flexibility index (Phi) is 22.6. The van der Waals surface area contributed by atoms with Crippen LogP contribution in [0.25, 0.3) is 0 Å². The fourth-order valence-corrected chi connectivity index (χ4v) is 4.71. The van der Waals surface area contributed by atoms with Crippen LogP contribution >= 0.6 is 0 Å². The largest absolute Gasteiger partial charge is 0.465 e. The molecule has 1 unspecified atom stereocenters. The van der Waals surface area contributed by atoms with Gasteiger partial charge < -0.3 is 9.47 Å². The minimum absolute atomic E-state index is 0.159. The van der Waals surface area contributed by atoms with Gasteiger partial charge in [-0.3, -0.25) is 9.59 Å². The Morgan fingerprint density at radius 2 is 0.971 bits per heavy atom. The maximum Gasteiger partial charge on any atom is 0.323 e. The lowest BCUT2D eigenvalue weighted by molar-refractivity contribution is -0.176. The van der Waals surface area contributed by atoms with Crippen molar-refractivity contribution >= 4 is 11.9 Å². The van der Waals surface area contributed by atoms with Crippen molar-refractivity contribution in [1.29, 1.82) is 0 Å². The highest BCUT2D eigenvalue weighted by atomic mass is 16.6. The van der Waals surface area contributed by atoms with E-state index in [0.29, 0.717) is 19.4 Å². The number of ether oxygens (including phenoxy) is 2. The van der Waals surface area contributed by atoms with Crippen molar-refractivity contribution in [2.75, 3.05) is 6.61 Å². The minimum Gasteiger partial charge on any atom is -0.465 e. The molecule has 0 spiro atoms. The Morgan fingerprint density at radius 3 is 1.37 bits per heavy atom. The van der Waals surface area contributed by atoms with Gasteiger partial charge in [0.15, 0.2) is 5.41 Å². The average molecular weight is 497 g/mol. The molecule has 0 aliphatic heterocycles. The third kappa shape index (κ3) is 16.3. The number of unbranched alkanes of at least 4 members (excludes halogenated alkanes) is 16. The molecule has 0 fully saturated rings. The van der Waals surface area contributed by atoms with E-state index in [9.17, 15) is 9.59 Å². The number of rotatable bonds is 25. The molecule has 0 saturated heterocycles. The Balaban J connectivity index is 3.83. The highest BCUT2D eigenvalue weighted by Gasteiger charge is 2.46. The second kappa shape index (κ2) is 23.3. The van der Waals surface area contributed by atoms with E-state index < -0.39 is 17.4 Å². The molecule has 208 valence electrons. The molecule has 0 bridgehead atoms. The third-order valence-electron chi connectivity index (χ3n) is 7.49. The third-order valence-corrected chi connectivity index (χ3v) is 7.49. The Morgan fingerprint density at radius 1 is 0.571 bits per heavy atom. The van der Waals surface area contributed by atoms with Gasteiger partial charge in [0.1, 0.15) is 0 Å². The molecule has 0 aliphatic carbocycles. The zero-order valence-electron chi connectivity index (χ0n) is 24.3. The van der Waals surface area contributed by atoms with Crippen molar-refractivity contribution in [3.63, 3.8) is 0 Å². The molecule has 4 heteroatoms. The summed E-state index contributed by atoms with van der Waals surface area (Å²) in [7, 11) is 0. The predicted molar refractivity (Wildman–Crippen MR) is 149 cm³/mol. The van der Waals surface area contributed by atoms with Gasteiger partial charge in [-0.25, -0.2) is 0 Å². The van der Waals surface area contributed by atoms with Gasteiger partial charge in [0, 0.05) is 0 Å². The summed E-state index contributed by atoms with van der Waals surface area (Å²) in [6.07, 6.45) is 24.7. The van der Waals surface area contributed by atoms with Crippen LogP contribution in [0.15, 0.2) is 0 Å². The highest BCUT2D eigenvalue weighted by Crippen LogP contribution is 2.31. The van der Waals surface area contributed by atoms with Crippen LogP contribution in [0.4, 0.5) is 0 Å². The van der Waals surface area contributed by atoms with Gasteiger partial charge in [-0.15, -0.1) is 0 Å². The summed E-state index contributed by atoms with van der Waals surface area (Å²) >= 11 is 0. The summed E-state index contributed by atoms with van der Waals surface area (Å²) in [6.45, 7) is 10.4. The highest BCUT2D eigenvalue weighted by molar-refractivity contribution is 6.00. The van der Waals surface area contributed by atoms with Gasteiger partial charge >= 0.3 is 11.9 Å². The molecule has 35 heavy (non-hydrogen) atoms. The standard InChI is InChI=1S/C31H60O4/c1-6-10-12-13-14-15-16-17-18-19-20-21-22-23-24-25-27-34-29(32)31(8-3,9-4)30(33)35-28(5)26-11-7-2/h28H,6-27H2,1-5H3. The number of carbonyl (C=O) groups excluding carboxylic acids is 2. The van der Waals surface area contributed by atoms with E-state index >= 15 is 0 Å². The summed E-state index contributed by atoms with van der Waals surface area (Å²) in [4.78, 5) is 25.6. The van der Waals surface area contributed by atoms with E-state index in [1.54, 1.807) is 0 Å². The summed E-state index contributed by atoms with van der Waals surface area (Å²) in [6, 6.07) is 0. The number of carbonyl (C=O) groups is 2. The van der Waals surface area contributed by atoms with Gasteiger partial charge in [0.2, 0.25) is 0 Å². The van der Waals surface area contributed by atoms with Crippen molar-refractivity contribution in [1.82, 2.24) is 0 Å². The lowest BCUT2D eigenvalue weighted by Crippen LogP contribution is -2.42. The topological polar surface area (TPSA) is 52.6 Å². The van der Waals surface area contributed by atoms with Crippen LogP contribution in [-0.2, 0) is 19.1 Å². The first kappa shape index (κ1) is 33.9. The quantitative estimate of drug-likeness (QED) is 0.0717. The first-order valence-electron chi connectivity index (χ1n) is 15.4. The fraction of sp³-hybridized carbons (Fsp3) is 0.935. The van der Waals surface area contributed by atoms with E-state index in [-0.39, 0.29) is 6.10 Å². The zero-order valence-corrected chi connectivity index (χ0v) is 24.3. The second-order valence-electron chi connectivity index (χ2n) is 10.6. The predicted octanol–water partition coefficient (Wildman–Crippen LogP) is 9.72. The van der Waals surface area contributed by atoms with Crippen LogP contribution in [0.2, 0.25) is 0 Å². The molecule has 4 nitrogen and oxygen atoms in total. The van der Waals surface area contributed by atoms with Gasteiger partial charge in [-0.1, -0.05) is 137 Å². The summed E-state index contributed by atoms with van der Waals surface area (Å²) < 4.78 is 11.2. The van der Waals surface area contributed by atoms with Gasteiger partial charge in [-0.05, 0) is 32.6 Å². The lowest BCUT2D eigenvalue weighted by Gasteiger charge is -2.28. The van der Waals surface area contributed by atoms with Crippen LogP contribution in [0.3, 0.4) is 0 Å². The van der Waals surface area contributed by atoms with Gasteiger partial charge in [0.05, 0.1) is 12.7 Å². The molecule has 0 aromatic heterocycles. The summed E-state index contributed by atoms with van der Waals surface area (Å²) in [5.74, 6) is -0.820. The van der Waals surface area contributed by atoms with E-state index in [1.165, 1.54) is 89.9 Å². The first-order valence-corrected chi connectivity index (χ1v) is 15.4. The molecular formula is C31H60O4. The minimum atomic E-state index is -1.16. The lowest BCUT2D eigenvalue weighted by atomic mass is 9.82. The van der Waals surface area contributed by atoms with E-state index in [4.69, 9.17) is 9.47 Å². The SMILES string of the molecule is CCCCCCCCCCCCCCCCCCOC(=O)C(CC)(CC)C(=O)OC(C)CCCC. The molecule has 0 heterocycles. The smallest absolute Gasteiger partial charge is 0.323 e. The van der Waals surface area contributed by atoms with Gasteiger partial charge in [0.25, 0.3) is 0 Å². The second-order valence-corrected chi connectivity index (χ2v) is 10.6. The van der Waals surface area contributed by atoms with Crippen molar-refractivity contribution in [2.24, 2.45) is 5.41 Å². The van der Waals surface area contributed by atoms with Gasteiger partial charge in [-0.2, -0.15) is 0 Å². The van der Waals surface area contributed by atoms with Crippen LogP contribution in [-0.4, -0.2) is 24.6 Å². The maximum atomic E-state index is 12.8. The molecule has 1 atom stereocenters. The van der Waals surface area contributed by atoms with Crippen LogP contribution in [0, 0.1) is 5.41 Å². The molecule has 0 aromatic carbocycles. The van der Waals surface area contributed by atoms with Crippen molar-refractivity contribution in [3.05, 3.63) is 0 Å². The average Bonchev–Trinajstić information content (AvgIpc) is 2.85. The molecule has 0 saturated carbocycles.